The van der Waals surface area contributed by atoms with E-state index < -0.39 is 10.7 Å². The molecule has 0 unspecified atom stereocenters. The molecular formula is C14H11ClFNO4. The van der Waals surface area contributed by atoms with Gasteiger partial charge in [0.05, 0.1) is 23.1 Å². The lowest BCUT2D eigenvalue weighted by Gasteiger charge is -2.10. The molecule has 21 heavy (non-hydrogen) atoms. The second-order valence-corrected chi connectivity index (χ2v) is 4.50. The van der Waals surface area contributed by atoms with Crippen LogP contribution < -0.4 is 9.47 Å². The van der Waals surface area contributed by atoms with Gasteiger partial charge in [0, 0.05) is 11.6 Å². The lowest BCUT2D eigenvalue weighted by Crippen LogP contribution is -2.01. The van der Waals surface area contributed by atoms with Crippen LogP contribution in [0.4, 0.5) is 10.1 Å². The SMILES string of the molecule is COc1cccc(COc2cc([N+](=O)[O-])ccc2Cl)c1F. The number of hydrogen-bond donors (Lipinski definition) is 0. The smallest absolute Gasteiger partial charge is 0.273 e. The number of hydrogen-bond acceptors (Lipinski definition) is 4. The van der Waals surface area contributed by atoms with E-state index >= 15 is 0 Å². The minimum atomic E-state index is -0.560. The second-order valence-electron chi connectivity index (χ2n) is 4.09. The molecular weight excluding hydrogens is 301 g/mol. The minimum Gasteiger partial charge on any atom is -0.494 e. The molecule has 0 saturated carbocycles. The van der Waals surface area contributed by atoms with Gasteiger partial charge in [0.25, 0.3) is 5.69 Å². The summed E-state index contributed by atoms with van der Waals surface area (Å²) < 4.78 is 24.2. The number of ether oxygens (including phenoxy) is 2. The molecule has 7 heteroatoms. The lowest BCUT2D eigenvalue weighted by molar-refractivity contribution is -0.384. The number of methoxy groups -OCH3 is 1. The summed E-state index contributed by atoms with van der Waals surface area (Å²) in [5, 5.41) is 10.9. The first-order chi connectivity index (χ1) is 10.0. The van der Waals surface area contributed by atoms with Crippen molar-refractivity contribution in [2.24, 2.45) is 0 Å². The normalized spacial score (nSPS) is 10.2. The molecule has 0 aromatic heterocycles. The van der Waals surface area contributed by atoms with Crippen LogP contribution in [-0.2, 0) is 6.61 Å². The fourth-order valence-corrected chi connectivity index (χ4v) is 1.87. The molecule has 0 amide bonds. The van der Waals surface area contributed by atoms with Gasteiger partial charge < -0.3 is 9.47 Å². The second kappa shape index (κ2) is 6.41. The quantitative estimate of drug-likeness (QED) is 0.619. The maximum Gasteiger partial charge on any atom is 0.273 e. The molecule has 0 saturated heterocycles. The van der Waals surface area contributed by atoms with E-state index in [0.29, 0.717) is 0 Å². The van der Waals surface area contributed by atoms with Crippen LogP contribution in [-0.4, -0.2) is 12.0 Å². The summed E-state index contributed by atoms with van der Waals surface area (Å²) in [5.41, 5.74) is 0.109. The molecule has 0 N–H and O–H groups in total. The summed E-state index contributed by atoms with van der Waals surface area (Å²) in [6.07, 6.45) is 0. The van der Waals surface area contributed by atoms with Crippen LogP contribution >= 0.6 is 11.6 Å². The molecule has 2 aromatic rings. The van der Waals surface area contributed by atoms with E-state index in [1.54, 1.807) is 6.07 Å². The maximum absolute atomic E-state index is 13.9. The molecule has 2 aromatic carbocycles. The Balaban J connectivity index is 2.20. The van der Waals surface area contributed by atoms with Gasteiger partial charge in [-0.05, 0) is 12.1 Å². The molecule has 0 fully saturated rings. The summed E-state index contributed by atoms with van der Waals surface area (Å²) >= 11 is 5.90. The average Bonchev–Trinajstić information content (AvgIpc) is 2.47. The van der Waals surface area contributed by atoms with Crippen LogP contribution in [0.15, 0.2) is 36.4 Å². The van der Waals surface area contributed by atoms with E-state index in [1.807, 2.05) is 0 Å². The first kappa shape index (κ1) is 15.1. The molecule has 0 aliphatic carbocycles. The Morgan fingerprint density at radius 3 is 2.71 bits per heavy atom. The van der Waals surface area contributed by atoms with Gasteiger partial charge in [-0.1, -0.05) is 23.7 Å². The number of non-ortho nitro benzene ring substituents is 1. The summed E-state index contributed by atoms with van der Waals surface area (Å²) in [6, 6.07) is 8.45. The molecule has 0 bridgehead atoms. The number of halogens is 2. The van der Waals surface area contributed by atoms with Crippen LogP contribution in [0.25, 0.3) is 0 Å². The monoisotopic (exact) mass is 311 g/mol. The zero-order chi connectivity index (χ0) is 15.4. The van der Waals surface area contributed by atoms with Gasteiger partial charge in [-0.2, -0.15) is 0 Å². The van der Waals surface area contributed by atoms with Gasteiger partial charge in [-0.3, -0.25) is 10.1 Å². The Kier molecular flexibility index (Phi) is 4.59. The summed E-state index contributed by atoms with van der Waals surface area (Å²) in [4.78, 5) is 10.1. The summed E-state index contributed by atoms with van der Waals surface area (Å²) in [5.74, 6) is -0.323. The molecule has 2 rings (SSSR count). The van der Waals surface area contributed by atoms with Gasteiger partial charge in [0.2, 0.25) is 0 Å². The third kappa shape index (κ3) is 3.41. The van der Waals surface area contributed by atoms with Gasteiger partial charge >= 0.3 is 0 Å². The first-order valence-electron chi connectivity index (χ1n) is 5.91. The molecule has 0 aliphatic heterocycles. The van der Waals surface area contributed by atoms with Crippen LogP contribution in [0, 0.1) is 15.9 Å². The zero-order valence-corrected chi connectivity index (χ0v) is 11.8. The Labute approximate surface area is 125 Å². The van der Waals surface area contributed by atoms with Crippen molar-refractivity contribution in [2.75, 3.05) is 7.11 Å². The summed E-state index contributed by atoms with van der Waals surface area (Å²) in [7, 11) is 1.36. The van der Waals surface area contributed by atoms with Gasteiger partial charge in [-0.25, -0.2) is 4.39 Å². The van der Waals surface area contributed by atoms with E-state index in [1.165, 1.54) is 37.4 Å². The lowest BCUT2D eigenvalue weighted by atomic mass is 10.2. The molecule has 110 valence electrons. The van der Waals surface area contributed by atoms with Crippen LogP contribution in [0.5, 0.6) is 11.5 Å². The summed E-state index contributed by atoms with van der Waals surface area (Å²) in [6.45, 7) is -0.121. The number of nitro benzene ring substituents is 1. The van der Waals surface area contributed by atoms with Crippen molar-refractivity contribution in [2.45, 2.75) is 6.61 Å². The van der Waals surface area contributed by atoms with Crippen molar-refractivity contribution in [3.63, 3.8) is 0 Å². The highest BCUT2D eigenvalue weighted by Gasteiger charge is 2.13. The molecule has 0 spiro atoms. The van der Waals surface area contributed by atoms with Crippen LogP contribution in [0.1, 0.15) is 5.56 Å². The van der Waals surface area contributed by atoms with Crippen LogP contribution in [0.2, 0.25) is 5.02 Å². The average molecular weight is 312 g/mol. The Morgan fingerprint density at radius 1 is 1.29 bits per heavy atom. The molecule has 0 heterocycles. The standard InChI is InChI=1S/C14H11ClFNO4/c1-20-12-4-2-3-9(14(12)16)8-21-13-7-10(17(18)19)5-6-11(13)15/h2-7H,8H2,1H3. The minimum absolute atomic E-state index is 0.0984. The van der Waals surface area contributed by atoms with E-state index in [0.717, 1.165) is 0 Å². The van der Waals surface area contributed by atoms with Gasteiger partial charge in [0.15, 0.2) is 11.6 Å². The highest BCUT2D eigenvalue weighted by Crippen LogP contribution is 2.30. The van der Waals surface area contributed by atoms with Crippen molar-refractivity contribution in [1.82, 2.24) is 0 Å². The van der Waals surface area contributed by atoms with Crippen molar-refractivity contribution >= 4 is 17.3 Å². The van der Waals surface area contributed by atoms with Gasteiger partial charge in [0.1, 0.15) is 12.4 Å². The van der Waals surface area contributed by atoms with E-state index in [-0.39, 0.29) is 34.4 Å². The largest absolute Gasteiger partial charge is 0.494 e. The molecule has 0 atom stereocenters. The fraction of sp³-hybridized carbons (Fsp3) is 0.143. The number of nitro groups is 1. The molecule has 0 aliphatic rings. The predicted molar refractivity (Wildman–Crippen MR) is 75.4 cm³/mol. The Hall–Kier alpha value is -2.34. The number of benzene rings is 2. The number of nitrogens with zero attached hydrogens (tertiary/aromatic N) is 1. The predicted octanol–water partition coefficient (Wildman–Crippen LogP) is 3.97. The Morgan fingerprint density at radius 2 is 2.05 bits per heavy atom. The van der Waals surface area contributed by atoms with E-state index in [2.05, 4.69) is 0 Å². The highest BCUT2D eigenvalue weighted by molar-refractivity contribution is 6.32. The van der Waals surface area contributed by atoms with Crippen molar-refractivity contribution < 1.29 is 18.8 Å². The third-order valence-corrected chi connectivity index (χ3v) is 3.08. The van der Waals surface area contributed by atoms with E-state index in [9.17, 15) is 14.5 Å². The number of rotatable bonds is 5. The third-order valence-electron chi connectivity index (χ3n) is 2.77. The van der Waals surface area contributed by atoms with Crippen molar-refractivity contribution in [1.29, 1.82) is 0 Å². The molecule has 5 nitrogen and oxygen atoms in total. The Bertz CT molecular complexity index is 678. The van der Waals surface area contributed by atoms with Crippen molar-refractivity contribution in [3.05, 3.63) is 62.9 Å². The van der Waals surface area contributed by atoms with E-state index in [4.69, 9.17) is 21.1 Å². The zero-order valence-electron chi connectivity index (χ0n) is 11.0. The molecule has 0 radical (unpaired) electrons. The fourth-order valence-electron chi connectivity index (χ4n) is 1.70. The van der Waals surface area contributed by atoms with Crippen LogP contribution in [0.3, 0.4) is 0 Å². The highest BCUT2D eigenvalue weighted by atomic mass is 35.5. The topological polar surface area (TPSA) is 61.6 Å². The van der Waals surface area contributed by atoms with Crippen molar-refractivity contribution in [3.8, 4) is 11.5 Å². The van der Waals surface area contributed by atoms with Gasteiger partial charge in [-0.15, -0.1) is 0 Å². The maximum atomic E-state index is 13.9. The first-order valence-corrected chi connectivity index (χ1v) is 6.29.